The molecule has 0 aliphatic heterocycles. The van der Waals surface area contributed by atoms with Crippen LogP contribution in [0.2, 0.25) is 0 Å². The minimum Gasteiger partial charge on any atom is -0.364 e. The van der Waals surface area contributed by atoms with Gasteiger partial charge in [-0.1, -0.05) is 0 Å². The molecule has 0 saturated carbocycles. The first-order valence-corrected chi connectivity index (χ1v) is 3.81. The first kappa shape index (κ1) is 12.1. The largest absolute Gasteiger partial charge is 0.364 e. The SMILES string of the molecule is CON(C)C(=O)CO[C@@H](C)C=CF. The van der Waals surface area contributed by atoms with Crippen LogP contribution in [0.3, 0.4) is 0 Å². The first-order valence-electron chi connectivity index (χ1n) is 3.81. The van der Waals surface area contributed by atoms with Gasteiger partial charge in [-0.05, 0) is 13.0 Å². The Hall–Kier alpha value is -0.940. The Bertz CT molecular complexity index is 184. The van der Waals surface area contributed by atoms with E-state index in [1.807, 2.05) is 0 Å². The van der Waals surface area contributed by atoms with Crippen molar-refractivity contribution in [1.82, 2.24) is 5.06 Å². The fourth-order valence-electron chi connectivity index (χ4n) is 0.553. The van der Waals surface area contributed by atoms with E-state index in [-0.39, 0.29) is 12.5 Å². The third kappa shape index (κ3) is 5.32. The quantitative estimate of drug-likeness (QED) is 0.606. The lowest BCUT2D eigenvalue weighted by Gasteiger charge is -2.14. The molecule has 1 amide bonds. The third-order valence-electron chi connectivity index (χ3n) is 1.44. The van der Waals surface area contributed by atoms with Crippen LogP contribution in [0.25, 0.3) is 0 Å². The Morgan fingerprint density at radius 3 is 2.77 bits per heavy atom. The summed E-state index contributed by atoms with van der Waals surface area (Å²) < 4.78 is 16.6. The Kier molecular flexibility index (Phi) is 6.09. The smallest absolute Gasteiger partial charge is 0.271 e. The fraction of sp³-hybridized carbons (Fsp3) is 0.625. The molecular weight excluding hydrogens is 177 g/mol. The highest BCUT2D eigenvalue weighted by molar-refractivity contribution is 5.76. The van der Waals surface area contributed by atoms with Gasteiger partial charge in [0.2, 0.25) is 0 Å². The minimum atomic E-state index is -0.417. The van der Waals surface area contributed by atoms with E-state index in [9.17, 15) is 9.18 Å². The average Bonchev–Trinajstić information content (AvgIpc) is 2.13. The molecule has 13 heavy (non-hydrogen) atoms. The molecule has 0 aromatic carbocycles. The molecule has 0 N–H and O–H groups in total. The maximum atomic E-state index is 11.6. The van der Waals surface area contributed by atoms with E-state index in [1.165, 1.54) is 20.2 Å². The van der Waals surface area contributed by atoms with E-state index in [2.05, 4.69) is 4.84 Å². The predicted molar refractivity (Wildman–Crippen MR) is 45.4 cm³/mol. The zero-order chi connectivity index (χ0) is 10.3. The molecule has 0 aromatic heterocycles. The van der Waals surface area contributed by atoms with Gasteiger partial charge in [-0.3, -0.25) is 9.63 Å². The highest BCUT2D eigenvalue weighted by Gasteiger charge is 2.08. The number of carbonyl (C=O) groups is 1. The number of halogens is 1. The maximum absolute atomic E-state index is 11.6. The van der Waals surface area contributed by atoms with E-state index in [4.69, 9.17) is 4.74 Å². The molecule has 0 fully saturated rings. The van der Waals surface area contributed by atoms with Crippen molar-refractivity contribution in [1.29, 1.82) is 0 Å². The van der Waals surface area contributed by atoms with Crippen molar-refractivity contribution in [2.24, 2.45) is 0 Å². The summed E-state index contributed by atoms with van der Waals surface area (Å²) in [6.07, 6.45) is 1.18. The fourth-order valence-corrected chi connectivity index (χ4v) is 0.553. The van der Waals surface area contributed by atoms with E-state index >= 15 is 0 Å². The summed E-state index contributed by atoms with van der Waals surface area (Å²) in [6.45, 7) is 1.51. The summed E-state index contributed by atoms with van der Waals surface area (Å²) in [7, 11) is 2.85. The summed E-state index contributed by atoms with van der Waals surface area (Å²) in [5, 5.41) is 1.05. The maximum Gasteiger partial charge on any atom is 0.271 e. The summed E-state index contributed by atoms with van der Waals surface area (Å²) in [5.74, 6) is -0.318. The van der Waals surface area contributed by atoms with E-state index in [0.717, 1.165) is 5.06 Å². The van der Waals surface area contributed by atoms with Crippen LogP contribution in [0.5, 0.6) is 0 Å². The lowest BCUT2D eigenvalue weighted by atomic mass is 10.4. The van der Waals surface area contributed by atoms with Crippen LogP contribution in [0.4, 0.5) is 4.39 Å². The molecule has 0 saturated heterocycles. The van der Waals surface area contributed by atoms with Crippen LogP contribution in [0.15, 0.2) is 12.4 Å². The van der Waals surface area contributed by atoms with Crippen LogP contribution in [0, 0.1) is 0 Å². The topological polar surface area (TPSA) is 38.8 Å². The molecule has 76 valence electrons. The van der Waals surface area contributed by atoms with Crippen molar-refractivity contribution in [3.8, 4) is 0 Å². The van der Waals surface area contributed by atoms with Gasteiger partial charge in [0.15, 0.2) is 0 Å². The van der Waals surface area contributed by atoms with Gasteiger partial charge < -0.3 is 4.74 Å². The number of hydrogen-bond donors (Lipinski definition) is 0. The molecule has 0 radical (unpaired) electrons. The second-order valence-corrected chi connectivity index (χ2v) is 2.41. The highest BCUT2D eigenvalue weighted by atomic mass is 19.1. The van der Waals surface area contributed by atoms with Gasteiger partial charge in [0.05, 0.1) is 19.5 Å². The molecule has 0 aromatic rings. The Balaban J connectivity index is 3.69. The van der Waals surface area contributed by atoms with Crippen LogP contribution < -0.4 is 0 Å². The number of ether oxygens (including phenoxy) is 1. The number of hydroxylamine groups is 2. The molecule has 0 aliphatic rings. The second-order valence-electron chi connectivity index (χ2n) is 2.41. The van der Waals surface area contributed by atoms with Crippen molar-refractivity contribution in [2.45, 2.75) is 13.0 Å². The van der Waals surface area contributed by atoms with Gasteiger partial charge in [-0.25, -0.2) is 9.45 Å². The summed E-state index contributed by atoms with van der Waals surface area (Å²) in [5.41, 5.74) is 0. The molecule has 4 nitrogen and oxygen atoms in total. The number of carbonyl (C=O) groups excluding carboxylic acids is 1. The lowest BCUT2D eigenvalue weighted by Crippen LogP contribution is -2.30. The summed E-state index contributed by atoms with van der Waals surface area (Å²) in [6, 6.07) is 0. The number of nitrogens with zero attached hydrogens (tertiary/aromatic N) is 1. The molecule has 0 unspecified atom stereocenters. The van der Waals surface area contributed by atoms with Crippen molar-refractivity contribution in [2.75, 3.05) is 20.8 Å². The van der Waals surface area contributed by atoms with Gasteiger partial charge in [-0.15, -0.1) is 0 Å². The molecular formula is C8H14FNO3. The number of hydrogen-bond acceptors (Lipinski definition) is 3. The van der Waals surface area contributed by atoms with Crippen molar-refractivity contribution in [3.05, 3.63) is 12.4 Å². The van der Waals surface area contributed by atoms with Crippen molar-refractivity contribution in [3.63, 3.8) is 0 Å². The lowest BCUT2D eigenvalue weighted by molar-refractivity contribution is -0.174. The van der Waals surface area contributed by atoms with Gasteiger partial charge in [0, 0.05) is 7.05 Å². The summed E-state index contributed by atoms with van der Waals surface area (Å²) in [4.78, 5) is 15.7. The standard InChI is InChI=1S/C8H14FNO3/c1-7(4-5-9)13-6-8(11)10(2)12-3/h4-5,7H,6H2,1-3H3/t7-/m0/s1. The van der Waals surface area contributed by atoms with E-state index in [1.54, 1.807) is 6.92 Å². The van der Waals surface area contributed by atoms with Crippen LogP contribution in [0.1, 0.15) is 6.92 Å². The van der Waals surface area contributed by atoms with Crippen molar-refractivity contribution >= 4 is 5.91 Å². The summed E-state index contributed by atoms with van der Waals surface area (Å²) >= 11 is 0. The van der Waals surface area contributed by atoms with Crippen LogP contribution in [-0.2, 0) is 14.4 Å². The zero-order valence-corrected chi connectivity index (χ0v) is 7.99. The van der Waals surface area contributed by atoms with Gasteiger partial charge >= 0.3 is 0 Å². The zero-order valence-electron chi connectivity index (χ0n) is 7.99. The number of rotatable bonds is 5. The van der Waals surface area contributed by atoms with Crippen LogP contribution in [-0.4, -0.2) is 37.8 Å². The molecule has 1 atom stereocenters. The van der Waals surface area contributed by atoms with Gasteiger partial charge in [0.1, 0.15) is 6.61 Å². The first-order chi connectivity index (χ1) is 6.11. The van der Waals surface area contributed by atoms with E-state index in [0.29, 0.717) is 6.33 Å². The predicted octanol–water partition coefficient (Wildman–Crippen LogP) is 0.894. The number of likely N-dealkylation sites (N-methyl/N-ethyl adjacent to an activating group) is 1. The monoisotopic (exact) mass is 191 g/mol. The minimum absolute atomic E-state index is 0.129. The average molecular weight is 191 g/mol. The molecule has 0 aliphatic carbocycles. The highest BCUT2D eigenvalue weighted by Crippen LogP contribution is 1.95. The molecule has 0 heterocycles. The molecule has 0 spiro atoms. The van der Waals surface area contributed by atoms with E-state index < -0.39 is 6.10 Å². The third-order valence-corrected chi connectivity index (χ3v) is 1.44. The van der Waals surface area contributed by atoms with Crippen molar-refractivity contribution < 1.29 is 18.8 Å². The molecule has 0 rings (SSSR count). The number of amides is 1. The Morgan fingerprint density at radius 2 is 2.31 bits per heavy atom. The Labute approximate surface area is 76.9 Å². The van der Waals surface area contributed by atoms with Gasteiger partial charge in [0.25, 0.3) is 5.91 Å². The van der Waals surface area contributed by atoms with Gasteiger partial charge in [-0.2, -0.15) is 0 Å². The molecule has 5 heteroatoms. The Morgan fingerprint density at radius 1 is 1.69 bits per heavy atom. The van der Waals surface area contributed by atoms with Crippen LogP contribution >= 0.6 is 0 Å². The second kappa shape index (κ2) is 6.56. The normalized spacial score (nSPS) is 13.2. The molecule has 0 bridgehead atoms.